The average molecular weight is 450 g/mol. The molecule has 0 saturated heterocycles. The maximum absolute atomic E-state index is 13.6. The molecule has 0 fully saturated rings. The van der Waals surface area contributed by atoms with Gasteiger partial charge in [0.25, 0.3) is 0 Å². The van der Waals surface area contributed by atoms with Gasteiger partial charge in [-0.05, 0) is 35.9 Å². The summed E-state index contributed by atoms with van der Waals surface area (Å²) in [6.45, 7) is 1.26. The number of hydrogen-bond acceptors (Lipinski definition) is 3. The summed E-state index contributed by atoms with van der Waals surface area (Å²) in [4.78, 5) is 29.7. The maximum Gasteiger partial charge on any atom is 0.229 e. The van der Waals surface area contributed by atoms with Gasteiger partial charge in [-0.2, -0.15) is 0 Å². The van der Waals surface area contributed by atoms with E-state index in [0.717, 1.165) is 17.0 Å². The van der Waals surface area contributed by atoms with Crippen LogP contribution in [0.15, 0.2) is 54.7 Å². The first-order valence-electron chi connectivity index (χ1n) is 8.70. The number of anilines is 3. The molecular formula is C21H15Cl2F2N3O2. The number of carbonyl (C=O) groups is 2. The van der Waals surface area contributed by atoms with Gasteiger partial charge >= 0.3 is 0 Å². The summed E-state index contributed by atoms with van der Waals surface area (Å²) in [5, 5.41) is 3.53. The minimum absolute atomic E-state index is 0.00720. The summed E-state index contributed by atoms with van der Waals surface area (Å²) < 4.78 is 26.9. The molecule has 1 heterocycles. The summed E-state index contributed by atoms with van der Waals surface area (Å²) >= 11 is 12.0. The highest BCUT2D eigenvalue weighted by molar-refractivity contribution is 6.35. The Morgan fingerprint density at radius 2 is 1.80 bits per heavy atom. The van der Waals surface area contributed by atoms with Gasteiger partial charge in [0.2, 0.25) is 11.8 Å². The van der Waals surface area contributed by atoms with Gasteiger partial charge in [-0.3, -0.25) is 14.5 Å². The minimum Gasteiger partial charge on any atom is -0.326 e. The van der Waals surface area contributed by atoms with E-state index in [9.17, 15) is 18.4 Å². The van der Waals surface area contributed by atoms with Crippen LogP contribution in [0.4, 0.5) is 26.0 Å². The SMILES string of the molecule is CC(=O)N(c1ccc(F)c(F)c1)c1cc(NC(=O)Cc2ccc(Cl)cc2Cl)ccn1. The summed E-state index contributed by atoms with van der Waals surface area (Å²) in [5.74, 6) is -2.81. The van der Waals surface area contributed by atoms with E-state index in [-0.39, 0.29) is 23.8 Å². The van der Waals surface area contributed by atoms with Crippen molar-refractivity contribution in [2.24, 2.45) is 0 Å². The Morgan fingerprint density at radius 3 is 2.47 bits per heavy atom. The predicted octanol–water partition coefficient (Wildman–Crippen LogP) is 5.53. The zero-order valence-corrected chi connectivity index (χ0v) is 17.1. The third-order valence-electron chi connectivity index (χ3n) is 4.10. The van der Waals surface area contributed by atoms with Crippen molar-refractivity contribution in [3.8, 4) is 0 Å². The van der Waals surface area contributed by atoms with Crippen LogP contribution in [-0.2, 0) is 16.0 Å². The van der Waals surface area contributed by atoms with Gasteiger partial charge < -0.3 is 5.32 Å². The Kier molecular flexibility index (Phi) is 6.64. The van der Waals surface area contributed by atoms with Crippen LogP contribution in [0.1, 0.15) is 12.5 Å². The monoisotopic (exact) mass is 449 g/mol. The zero-order chi connectivity index (χ0) is 21.8. The molecule has 9 heteroatoms. The number of nitrogens with zero attached hydrogens (tertiary/aromatic N) is 2. The molecule has 3 aromatic rings. The Morgan fingerprint density at radius 1 is 1.03 bits per heavy atom. The predicted molar refractivity (Wildman–Crippen MR) is 112 cm³/mol. The molecule has 0 unspecified atom stereocenters. The molecule has 0 saturated carbocycles. The fraction of sp³-hybridized carbons (Fsp3) is 0.0952. The van der Waals surface area contributed by atoms with Gasteiger partial charge in [0.05, 0.1) is 12.1 Å². The summed E-state index contributed by atoms with van der Waals surface area (Å²) in [5.41, 5.74) is 1.06. The van der Waals surface area contributed by atoms with Crippen molar-refractivity contribution in [3.05, 3.63) is 82.0 Å². The zero-order valence-electron chi connectivity index (χ0n) is 15.6. The van der Waals surface area contributed by atoms with Crippen LogP contribution in [0.25, 0.3) is 0 Å². The van der Waals surface area contributed by atoms with Crippen molar-refractivity contribution in [1.82, 2.24) is 4.98 Å². The maximum atomic E-state index is 13.6. The van der Waals surface area contributed by atoms with E-state index < -0.39 is 17.5 Å². The number of aromatic nitrogens is 1. The van der Waals surface area contributed by atoms with Crippen molar-refractivity contribution in [2.45, 2.75) is 13.3 Å². The smallest absolute Gasteiger partial charge is 0.229 e. The fourth-order valence-corrected chi connectivity index (χ4v) is 3.24. The number of nitrogens with one attached hydrogen (secondary N) is 1. The minimum atomic E-state index is -1.09. The highest BCUT2D eigenvalue weighted by Gasteiger charge is 2.18. The molecule has 2 amide bonds. The lowest BCUT2D eigenvalue weighted by Gasteiger charge is -2.21. The van der Waals surface area contributed by atoms with Gasteiger partial charge in [0, 0.05) is 41.0 Å². The summed E-state index contributed by atoms with van der Waals surface area (Å²) in [7, 11) is 0. The van der Waals surface area contributed by atoms with Gasteiger partial charge in [0.1, 0.15) is 5.82 Å². The number of rotatable bonds is 5. The van der Waals surface area contributed by atoms with Crippen LogP contribution in [0.5, 0.6) is 0 Å². The second kappa shape index (κ2) is 9.19. The van der Waals surface area contributed by atoms with Crippen molar-refractivity contribution in [3.63, 3.8) is 0 Å². The number of carbonyl (C=O) groups excluding carboxylic acids is 2. The first kappa shape index (κ1) is 21.7. The number of halogens is 4. The first-order valence-corrected chi connectivity index (χ1v) is 9.46. The molecule has 0 aliphatic rings. The van der Waals surface area contributed by atoms with Crippen LogP contribution in [-0.4, -0.2) is 16.8 Å². The number of benzene rings is 2. The van der Waals surface area contributed by atoms with E-state index in [2.05, 4.69) is 10.3 Å². The molecule has 0 bridgehead atoms. The third-order valence-corrected chi connectivity index (χ3v) is 4.69. The van der Waals surface area contributed by atoms with E-state index in [0.29, 0.717) is 21.3 Å². The standard InChI is InChI=1S/C21H15Cl2F2N3O2/c1-12(29)28(16-4-5-18(24)19(25)11-16)20-10-15(6-7-26-20)27-21(30)8-13-2-3-14(22)9-17(13)23/h2-7,9-11H,8H2,1H3,(H,26,27,30). The molecule has 0 aliphatic carbocycles. The molecule has 0 aliphatic heterocycles. The second-order valence-corrected chi connectivity index (χ2v) is 7.16. The second-order valence-electron chi connectivity index (χ2n) is 6.32. The topological polar surface area (TPSA) is 62.3 Å². The average Bonchev–Trinajstić information content (AvgIpc) is 2.67. The lowest BCUT2D eigenvalue weighted by Crippen LogP contribution is -2.24. The Hall–Kier alpha value is -3.03. The third kappa shape index (κ3) is 5.11. The largest absolute Gasteiger partial charge is 0.326 e. The van der Waals surface area contributed by atoms with Crippen LogP contribution in [0, 0.1) is 11.6 Å². The molecule has 0 radical (unpaired) electrons. The van der Waals surface area contributed by atoms with Gasteiger partial charge in [0.15, 0.2) is 11.6 Å². The van der Waals surface area contributed by atoms with E-state index in [1.54, 1.807) is 18.2 Å². The van der Waals surface area contributed by atoms with Crippen LogP contribution in [0.2, 0.25) is 10.0 Å². The molecular weight excluding hydrogens is 435 g/mol. The Labute approximate surface area is 181 Å². The molecule has 1 N–H and O–H groups in total. The van der Waals surface area contributed by atoms with Crippen LogP contribution >= 0.6 is 23.2 Å². The lowest BCUT2D eigenvalue weighted by molar-refractivity contribution is -0.116. The van der Waals surface area contributed by atoms with Crippen molar-refractivity contribution < 1.29 is 18.4 Å². The molecule has 2 aromatic carbocycles. The molecule has 5 nitrogen and oxygen atoms in total. The van der Waals surface area contributed by atoms with Gasteiger partial charge in [-0.15, -0.1) is 0 Å². The molecule has 0 spiro atoms. The van der Waals surface area contributed by atoms with E-state index >= 15 is 0 Å². The molecule has 1 aromatic heterocycles. The van der Waals surface area contributed by atoms with Crippen LogP contribution in [0.3, 0.4) is 0 Å². The number of pyridine rings is 1. The summed E-state index contributed by atoms with van der Waals surface area (Å²) in [6, 6.07) is 10.9. The lowest BCUT2D eigenvalue weighted by atomic mass is 10.1. The molecule has 30 heavy (non-hydrogen) atoms. The first-order chi connectivity index (χ1) is 14.2. The van der Waals surface area contributed by atoms with E-state index in [1.807, 2.05) is 0 Å². The molecule has 3 rings (SSSR count). The highest BCUT2D eigenvalue weighted by atomic mass is 35.5. The summed E-state index contributed by atoms with van der Waals surface area (Å²) in [6.07, 6.45) is 1.39. The van der Waals surface area contributed by atoms with Crippen molar-refractivity contribution in [2.75, 3.05) is 10.2 Å². The van der Waals surface area contributed by atoms with Crippen molar-refractivity contribution >= 4 is 52.2 Å². The number of hydrogen-bond donors (Lipinski definition) is 1. The quantitative estimate of drug-likeness (QED) is 0.556. The molecule has 0 atom stereocenters. The number of amides is 2. The normalized spacial score (nSPS) is 10.6. The Balaban J connectivity index is 1.82. The molecule has 154 valence electrons. The highest BCUT2D eigenvalue weighted by Crippen LogP contribution is 2.27. The van der Waals surface area contributed by atoms with Gasteiger partial charge in [-0.1, -0.05) is 29.3 Å². The van der Waals surface area contributed by atoms with Crippen LogP contribution < -0.4 is 10.2 Å². The fourth-order valence-electron chi connectivity index (χ4n) is 2.76. The van der Waals surface area contributed by atoms with E-state index in [4.69, 9.17) is 23.2 Å². The van der Waals surface area contributed by atoms with Crippen molar-refractivity contribution in [1.29, 1.82) is 0 Å². The van der Waals surface area contributed by atoms with E-state index in [1.165, 1.54) is 31.3 Å². The van der Waals surface area contributed by atoms with Gasteiger partial charge in [-0.25, -0.2) is 13.8 Å². The Bertz CT molecular complexity index is 1130.